The zero-order valence-electron chi connectivity index (χ0n) is 20.9. The van der Waals surface area contributed by atoms with Crippen molar-refractivity contribution in [1.82, 2.24) is 14.8 Å². The third-order valence-corrected chi connectivity index (χ3v) is 7.37. The Kier molecular flexibility index (Phi) is 6.72. The monoisotopic (exact) mass is 499 g/mol. The zero-order chi connectivity index (χ0) is 25.6. The first-order valence-electron chi connectivity index (χ1n) is 12.6. The second-order valence-corrected chi connectivity index (χ2v) is 10.3. The maximum atomic E-state index is 15.6. The molecular formula is C28H32F3N3O2. The summed E-state index contributed by atoms with van der Waals surface area (Å²) in [5.74, 6) is -1.82. The molecule has 2 atom stereocenters. The normalized spacial score (nSPS) is 20.6. The molecule has 0 unspecified atom stereocenters. The van der Waals surface area contributed by atoms with Crippen LogP contribution in [0.4, 0.5) is 13.2 Å². The van der Waals surface area contributed by atoms with E-state index in [1.165, 1.54) is 12.1 Å². The van der Waals surface area contributed by atoms with Crippen LogP contribution in [0, 0.1) is 23.5 Å². The molecule has 0 aliphatic carbocycles. The summed E-state index contributed by atoms with van der Waals surface area (Å²) in [6, 6.07) is 9.00. The second-order valence-electron chi connectivity index (χ2n) is 10.3. The number of aromatic amines is 1. The molecule has 3 aromatic rings. The summed E-state index contributed by atoms with van der Waals surface area (Å²) in [7, 11) is 0. The van der Waals surface area contributed by atoms with Crippen molar-refractivity contribution < 1.29 is 22.7 Å². The topological polar surface area (TPSA) is 48.6 Å². The number of rotatable bonds is 7. The standard InChI is InChI=1S/C28H32F3N3O2/c1-16(2)28(35)34-17(3)10-21-20-6-4-5-7-24(20)32-26(21)27(34)25-22(30)11-19(12-23(25)31)36-9-8-33-14-18(13-29)15-33/h4-7,11-12,16-18,27,32H,8-10,13-15H2,1-3H3/t17-,27-/m1/s1. The van der Waals surface area contributed by atoms with E-state index in [4.69, 9.17) is 4.74 Å². The molecule has 1 aromatic heterocycles. The predicted molar refractivity (Wildman–Crippen MR) is 133 cm³/mol. The summed E-state index contributed by atoms with van der Waals surface area (Å²) in [6.45, 7) is 7.35. The Bertz CT molecular complexity index is 1250. The van der Waals surface area contributed by atoms with E-state index in [1.807, 2.05) is 36.1 Å². The average Bonchev–Trinajstić information content (AvgIpc) is 3.18. The summed E-state index contributed by atoms with van der Waals surface area (Å²) >= 11 is 0. The summed E-state index contributed by atoms with van der Waals surface area (Å²) in [6.07, 6.45) is 0.596. The molecule has 5 nitrogen and oxygen atoms in total. The van der Waals surface area contributed by atoms with E-state index in [0.717, 1.165) is 16.5 Å². The second kappa shape index (κ2) is 9.81. The highest BCUT2D eigenvalue weighted by Crippen LogP contribution is 2.43. The lowest BCUT2D eigenvalue weighted by atomic mass is 9.87. The largest absolute Gasteiger partial charge is 0.492 e. The van der Waals surface area contributed by atoms with Crippen LogP contribution in [0.25, 0.3) is 10.9 Å². The van der Waals surface area contributed by atoms with E-state index in [1.54, 1.807) is 18.7 Å². The third kappa shape index (κ3) is 4.36. The van der Waals surface area contributed by atoms with Crippen LogP contribution in [-0.2, 0) is 11.2 Å². The Morgan fingerprint density at radius 3 is 2.53 bits per heavy atom. The number of hydrogen-bond donors (Lipinski definition) is 1. The van der Waals surface area contributed by atoms with Gasteiger partial charge in [-0.15, -0.1) is 0 Å². The average molecular weight is 500 g/mol. The maximum absolute atomic E-state index is 15.6. The molecule has 1 N–H and O–H groups in total. The van der Waals surface area contributed by atoms with Gasteiger partial charge in [0, 0.05) is 66.2 Å². The number of aromatic nitrogens is 1. The van der Waals surface area contributed by atoms with Crippen molar-refractivity contribution in [2.45, 2.75) is 39.3 Å². The van der Waals surface area contributed by atoms with Gasteiger partial charge >= 0.3 is 0 Å². The van der Waals surface area contributed by atoms with Gasteiger partial charge in [-0.05, 0) is 25.0 Å². The first kappa shape index (κ1) is 24.7. The van der Waals surface area contributed by atoms with Gasteiger partial charge in [-0.2, -0.15) is 0 Å². The fraction of sp³-hybridized carbons (Fsp3) is 0.464. The minimum atomic E-state index is -0.918. The number of fused-ring (bicyclic) bond motifs is 3. The predicted octanol–water partition coefficient (Wildman–Crippen LogP) is 5.24. The molecule has 192 valence electrons. The molecule has 1 fully saturated rings. The number of nitrogens with zero attached hydrogens (tertiary/aromatic N) is 2. The van der Waals surface area contributed by atoms with Crippen molar-refractivity contribution in [3.63, 3.8) is 0 Å². The van der Waals surface area contributed by atoms with Crippen LogP contribution in [0.2, 0.25) is 0 Å². The summed E-state index contributed by atoms with van der Waals surface area (Å²) in [5.41, 5.74) is 2.34. The summed E-state index contributed by atoms with van der Waals surface area (Å²) in [4.78, 5) is 20.3. The van der Waals surface area contributed by atoms with E-state index in [-0.39, 0.29) is 48.4 Å². The molecule has 0 bridgehead atoms. The number of nitrogens with one attached hydrogen (secondary N) is 1. The highest BCUT2D eigenvalue weighted by molar-refractivity contribution is 5.87. The van der Waals surface area contributed by atoms with Crippen molar-refractivity contribution in [2.24, 2.45) is 11.8 Å². The first-order valence-corrected chi connectivity index (χ1v) is 12.6. The van der Waals surface area contributed by atoms with E-state index in [9.17, 15) is 9.18 Å². The molecule has 0 radical (unpaired) electrons. The minimum Gasteiger partial charge on any atom is -0.492 e. The highest BCUT2D eigenvalue weighted by Gasteiger charge is 2.41. The quantitative estimate of drug-likeness (QED) is 0.484. The molecule has 3 heterocycles. The lowest BCUT2D eigenvalue weighted by molar-refractivity contribution is -0.139. The van der Waals surface area contributed by atoms with Gasteiger partial charge < -0.3 is 14.6 Å². The summed E-state index contributed by atoms with van der Waals surface area (Å²) in [5, 5.41) is 1.00. The van der Waals surface area contributed by atoms with Crippen LogP contribution < -0.4 is 4.74 Å². The van der Waals surface area contributed by atoms with Crippen molar-refractivity contribution >= 4 is 16.8 Å². The Balaban J connectivity index is 1.49. The van der Waals surface area contributed by atoms with Crippen LogP contribution in [0.5, 0.6) is 5.75 Å². The van der Waals surface area contributed by atoms with Gasteiger partial charge in [0.15, 0.2) is 0 Å². The fourth-order valence-corrected chi connectivity index (χ4v) is 5.54. The number of likely N-dealkylation sites (tertiary alicyclic amines) is 1. The van der Waals surface area contributed by atoms with E-state index in [0.29, 0.717) is 31.7 Å². The number of amides is 1. The number of halogens is 3. The molecule has 36 heavy (non-hydrogen) atoms. The first-order chi connectivity index (χ1) is 17.3. The van der Waals surface area contributed by atoms with Gasteiger partial charge in [0.1, 0.15) is 30.0 Å². The van der Waals surface area contributed by atoms with Crippen LogP contribution in [-0.4, -0.2) is 59.6 Å². The summed E-state index contributed by atoms with van der Waals surface area (Å²) < 4.78 is 49.5. The molecule has 2 aliphatic rings. The van der Waals surface area contributed by atoms with E-state index in [2.05, 4.69) is 4.98 Å². The van der Waals surface area contributed by atoms with Crippen molar-refractivity contribution in [1.29, 1.82) is 0 Å². The number of alkyl halides is 1. The molecule has 5 rings (SSSR count). The SMILES string of the molecule is CC(C)C(=O)N1[C@H](c2c(F)cc(OCCN3CC(CF)C3)cc2F)c2[nH]c3ccccc3c2C[C@H]1C. The third-order valence-electron chi connectivity index (χ3n) is 7.37. The number of H-pyrrole nitrogens is 1. The van der Waals surface area contributed by atoms with Crippen LogP contribution in [0.15, 0.2) is 36.4 Å². The van der Waals surface area contributed by atoms with Crippen LogP contribution in [0.1, 0.15) is 43.6 Å². The van der Waals surface area contributed by atoms with Crippen LogP contribution >= 0.6 is 0 Å². The van der Waals surface area contributed by atoms with Crippen molar-refractivity contribution in [2.75, 3.05) is 32.9 Å². The molecule has 2 aliphatic heterocycles. The molecule has 2 aromatic carbocycles. The lowest BCUT2D eigenvalue weighted by Gasteiger charge is -2.42. The Morgan fingerprint density at radius 2 is 1.86 bits per heavy atom. The van der Waals surface area contributed by atoms with Crippen LogP contribution in [0.3, 0.4) is 0 Å². The molecule has 8 heteroatoms. The van der Waals surface area contributed by atoms with Gasteiger partial charge in [-0.3, -0.25) is 14.1 Å². The smallest absolute Gasteiger partial charge is 0.226 e. The molecule has 1 saturated heterocycles. The number of hydrogen-bond acceptors (Lipinski definition) is 3. The van der Waals surface area contributed by atoms with Gasteiger partial charge in [-0.1, -0.05) is 32.0 Å². The molecule has 0 spiro atoms. The zero-order valence-corrected chi connectivity index (χ0v) is 20.9. The lowest BCUT2D eigenvalue weighted by Crippen LogP contribution is -2.49. The van der Waals surface area contributed by atoms with E-state index < -0.39 is 17.7 Å². The number of benzene rings is 2. The van der Waals surface area contributed by atoms with Gasteiger partial charge in [0.25, 0.3) is 0 Å². The van der Waals surface area contributed by atoms with E-state index >= 15 is 8.78 Å². The van der Waals surface area contributed by atoms with Gasteiger partial charge in [0.2, 0.25) is 5.91 Å². The van der Waals surface area contributed by atoms with Gasteiger partial charge in [0.05, 0.1) is 12.2 Å². The van der Waals surface area contributed by atoms with Gasteiger partial charge in [-0.25, -0.2) is 8.78 Å². The number of carbonyl (C=O) groups excluding carboxylic acids is 1. The number of carbonyl (C=O) groups is 1. The molecular weight excluding hydrogens is 467 g/mol. The number of para-hydroxylation sites is 1. The molecule has 1 amide bonds. The Morgan fingerprint density at radius 1 is 1.17 bits per heavy atom. The maximum Gasteiger partial charge on any atom is 0.226 e. The molecule has 0 saturated carbocycles. The minimum absolute atomic E-state index is 0.0723. The van der Waals surface area contributed by atoms with Crippen molar-refractivity contribution in [3.8, 4) is 5.75 Å². The number of ether oxygens (including phenoxy) is 1. The fourth-order valence-electron chi connectivity index (χ4n) is 5.54. The Hall–Kier alpha value is -3.00. The van der Waals surface area contributed by atoms with Crippen molar-refractivity contribution in [3.05, 3.63) is 64.9 Å². The highest BCUT2D eigenvalue weighted by atomic mass is 19.1. The Labute approximate surface area is 209 Å².